The fourth-order valence-electron chi connectivity index (χ4n) is 2.27. The quantitative estimate of drug-likeness (QED) is 0.875. The number of hydrogen-bond acceptors (Lipinski definition) is 6. The Morgan fingerprint density at radius 3 is 2.50 bits per heavy atom. The van der Waals surface area contributed by atoms with E-state index in [0.717, 1.165) is 5.56 Å². The second-order valence-corrected chi connectivity index (χ2v) is 5.03. The van der Waals surface area contributed by atoms with Crippen molar-refractivity contribution in [1.82, 2.24) is 9.97 Å². The number of aromatic nitrogens is 2. The topological polar surface area (TPSA) is 97.1 Å². The first-order valence-electron chi connectivity index (χ1n) is 7.30. The molecule has 1 aromatic heterocycles. The van der Waals surface area contributed by atoms with Gasteiger partial charge in [0, 0.05) is 6.92 Å². The Morgan fingerprint density at radius 1 is 1.25 bits per heavy atom. The van der Waals surface area contributed by atoms with Crippen LogP contribution >= 0.6 is 0 Å². The average Bonchev–Trinajstić information content (AvgIpc) is 2.60. The lowest BCUT2D eigenvalue weighted by molar-refractivity contribution is -0.114. The lowest BCUT2D eigenvalue weighted by atomic mass is 9.96. The Hall–Kier alpha value is -3.14. The number of methoxy groups -OCH3 is 2. The van der Waals surface area contributed by atoms with Crippen LogP contribution in [0.2, 0.25) is 0 Å². The maximum absolute atomic E-state index is 11.5. The number of carbonyl (C=O) groups is 1. The van der Waals surface area contributed by atoms with Gasteiger partial charge in [-0.1, -0.05) is 30.3 Å². The van der Waals surface area contributed by atoms with Gasteiger partial charge in [-0.15, -0.1) is 0 Å². The Morgan fingerprint density at radius 2 is 1.96 bits per heavy atom. The van der Waals surface area contributed by atoms with Crippen molar-refractivity contribution in [2.24, 2.45) is 0 Å². The molecule has 0 aliphatic carbocycles. The lowest BCUT2D eigenvalue weighted by Gasteiger charge is -2.17. The number of anilines is 1. The van der Waals surface area contributed by atoms with Crippen LogP contribution in [0.3, 0.4) is 0 Å². The molecule has 1 aromatic carbocycles. The minimum Gasteiger partial charge on any atom is -0.479 e. The molecule has 1 N–H and O–H groups in total. The normalized spacial score (nSPS) is 11.2. The van der Waals surface area contributed by atoms with Gasteiger partial charge in [0.1, 0.15) is 5.69 Å². The molecule has 0 aliphatic heterocycles. The number of ether oxygens (including phenoxy) is 2. The van der Waals surface area contributed by atoms with Gasteiger partial charge in [0.25, 0.3) is 0 Å². The van der Waals surface area contributed by atoms with E-state index in [1.54, 1.807) is 0 Å². The molecule has 0 aliphatic rings. The van der Waals surface area contributed by atoms with Crippen LogP contribution in [-0.2, 0) is 11.2 Å². The van der Waals surface area contributed by atoms with Gasteiger partial charge in [0.2, 0.25) is 11.8 Å². The Labute approximate surface area is 140 Å². The minimum absolute atomic E-state index is 0.0734. The van der Waals surface area contributed by atoms with Gasteiger partial charge in [-0.2, -0.15) is 15.2 Å². The highest BCUT2D eigenvalue weighted by Crippen LogP contribution is 2.33. The van der Waals surface area contributed by atoms with Crippen LogP contribution in [0.1, 0.15) is 24.1 Å². The molecule has 0 fully saturated rings. The van der Waals surface area contributed by atoms with Crippen LogP contribution in [0.4, 0.5) is 5.69 Å². The Kier molecular flexibility index (Phi) is 5.68. The second-order valence-electron chi connectivity index (χ2n) is 5.03. The predicted octanol–water partition coefficient (Wildman–Crippen LogP) is 2.30. The van der Waals surface area contributed by atoms with Crippen molar-refractivity contribution in [2.45, 2.75) is 19.3 Å². The molecule has 1 unspecified atom stereocenters. The second kappa shape index (κ2) is 7.92. The number of nitrogens with zero attached hydrogens (tertiary/aromatic N) is 3. The molecule has 0 saturated carbocycles. The maximum atomic E-state index is 11.5. The third kappa shape index (κ3) is 3.98. The summed E-state index contributed by atoms with van der Waals surface area (Å²) < 4.78 is 10.3. The molecule has 0 saturated heterocycles. The molecule has 1 heterocycles. The van der Waals surface area contributed by atoms with Gasteiger partial charge in [-0.25, -0.2) is 0 Å². The summed E-state index contributed by atoms with van der Waals surface area (Å²) >= 11 is 0. The molecule has 1 amide bonds. The highest BCUT2D eigenvalue weighted by molar-refractivity contribution is 5.91. The summed E-state index contributed by atoms with van der Waals surface area (Å²) in [5.41, 5.74) is 1.63. The molecule has 7 nitrogen and oxygen atoms in total. The number of amides is 1. The van der Waals surface area contributed by atoms with Crippen LogP contribution in [-0.4, -0.2) is 30.1 Å². The zero-order valence-electron chi connectivity index (χ0n) is 13.7. The summed E-state index contributed by atoms with van der Waals surface area (Å²) in [6.07, 6.45) is 0.438. The minimum atomic E-state index is -0.597. The Balaban J connectivity index is 2.51. The van der Waals surface area contributed by atoms with Gasteiger partial charge >= 0.3 is 6.01 Å². The van der Waals surface area contributed by atoms with Crippen LogP contribution in [0.5, 0.6) is 11.9 Å². The van der Waals surface area contributed by atoms with Gasteiger partial charge < -0.3 is 14.8 Å². The molecule has 0 bridgehead atoms. The van der Waals surface area contributed by atoms with Gasteiger partial charge in [-0.3, -0.25) is 4.79 Å². The van der Waals surface area contributed by atoms with E-state index in [0.29, 0.717) is 12.1 Å². The van der Waals surface area contributed by atoms with Crippen LogP contribution in [0.15, 0.2) is 30.3 Å². The number of hydrogen-bond donors (Lipinski definition) is 1. The Bertz CT molecular complexity index is 756. The number of carbonyl (C=O) groups excluding carboxylic acids is 1. The molecular formula is C17H18N4O3. The molecule has 1 atom stereocenters. The summed E-state index contributed by atoms with van der Waals surface area (Å²) in [4.78, 5) is 19.9. The van der Waals surface area contributed by atoms with Crippen molar-refractivity contribution in [3.63, 3.8) is 0 Å². The van der Waals surface area contributed by atoms with E-state index in [9.17, 15) is 10.1 Å². The third-order valence-corrected chi connectivity index (χ3v) is 3.33. The van der Waals surface area contributed by atoms with E-state index in [1.807, 2.05) is 30.3 Å². The van der Waals surface area contributed by atoms with Crippen molar-refractivity contribution >= 4 is 11.6 Å². The van der Waals surface area contributed by atoms with Crippen molar-refractivity contribution in [2.75, 3.05) is 19.5 Å². The van der Waals surface area contributed by atoms with E-state index in [4.69, 9.17) is 9.47 Å². The van der Waals surface area contributed by atoms with Crippen molar-refractivity contribution < 1.29 is 14.3 Å². The number of nitriles is 1. The SMILES string of the molecule is COc1nc(OC)c(NC(C)=O)c(C(C#N)Cc2ccccc2)n1. The molecule has 7 heteroatoms. The highest BCUT2D eigenvalue weighted by Gasteiger charge is 2.24. The number of rotatable bonds is 6. The fourth-order valence-corrected chi connectivity index (χ4v) is 2.27. The van der Waals surface area contributed by atoms with Crippen molar-refractivity contribution in [1.29, 1.82) is 5.26 Å². The van der Waals surface area contributed by atoms with E-state index < -0.39 is 5.92 Å². The molecule has 0 radical (unpaired) electrons. The first kappa shape index (κ1) is 17.2. The summed E-state index contributed by atoms with van der Waals surface area (Å²) in [6.45, 7) is 1.37. The largest absolute Gasteiger partial charge is 0.479 e. The van der Waals surface area contributed by atoms with Crippen LogP contribution in [0, 0.1) is 11.3 Å². The van der Waals surface area contributed by atoms with Gasteiger partial charge in [0.05, 0.1) is 31.9 Å². The zero-order valence-corrected chi connectivity index (χ0v) is 13.7. The number of benzene rings is 1. The average molecular weight is 326 g/mol. The van der Waals surface area contributed by atoms with Gasteiger partial charge in [-0.05, 0) is 12.0 Å². The van der Waals surface area contributed by atoms with E-state index in [2.05, 4.69) is 21.4 Å². The molecule has 2 rings (SSSR count). The van der Waals surface area contributed by atoms with Crippen LogP contribution < -0.4 is 14.8 Å². The third-order valence-electron chi connectivity index (χ3n) is 3.33. The first-order valence-corrected chi connectivity index (χ1v) is 7.30. The number of nitrogens with one attached hydrogen (secondary N) is 1. The summed E-state index contributed by atoms with van der Waals surface area (Å²) in [6, 6.07) is 11.9. The van der Waals surface area contributed by atoms with Crippen molar-refractivity contribution in [3.05, 3.63) is 41.6 Å². The van der Waals surface area contributed by atoms with Crippen LogP contribution in [0.25, 0.3) is 0 Å². The van der Waals surface area contributed by atoms with Gasteiger partial charge in [0.15, 0.2) is 0 Å². The van der Waals surface area contributed by atoms with E-state index in [1.165, 1.54) is 21.1 Å². The van der Waals surface area contributed by atoms with E-state index in [-0.39, 0.29) is 23.5 Å². The lowest BCUT2D eigenvalue weighted by Crippen LogP contribution is -2.15. The summed E-state index contributed by atoms with van der Waals surface area (Å²) in [5, 5.41) is 12.3. The molecule has 2 aromatic rings. The zero-order chi connectivity index (χ0) is 17.5. The predicted molar refractivity (Wildman–Crippen MR) is 87.9 cm³/mol. The monoisotopic (exact) mass is 326 g/mol. The summed E-state index contributed by atoms with van der Waals surface area (Å²) in [5.74, 6) is -0.750. The molecule has 24 heavy (non-hydrogen) atoms. The molecule has 0 spiro atoms. The highest BCUT2D eigenvalue weighted by atomic mass is 16.5. The smallest absolute Gasteiger partial charge is 0.319 e. The molecule has 124 valence electrons. The standard InChI is InChI=1S/C17H18N4O3/c1-11(22)19-15-14(20-17(24-3)21-16(15)23-2)13(10-18)9-12-7-5-4-6-8-12/h4-8,13H,9H2,1-3H3,(H,19,22). The fraction of sp³-hybridized carbons (Fsp3) is 0.294. The first-order chi connectivity index (χ1) is 11.6. The summed E-state index contributed by atoms with van der Waals surface area (Å²) in [7, 11) is 2.85. The van der Waals surface area contributed by atoms with E-state index >= 15 is 0 Å². The van der Waals surface area contributed by atoms with Crippen molar-refractivity contribution in [3.8, 4) is 18.0 Å². The molecular weight excluding hydrogens is 308 g/mol. The maximum Gasteiger partial charge on any atom is 0.319 e.